The molecule has 1 aliphatic carbocycles. The lowest BCUT2D eigenvalue weighted by atomic mass is 9.86. The van der Waals surface area contributed by atoms with Crippen molar-refractivity contribution >= 4 is 42.4 Å². The molecule has 8 heteroatoms. The molecule has 418 valence electrons. The van der Waals surface area contributed by atoms with Crippen LogP contribution in [-0.4, -0.2) is 68.7 Å². The van der Waals surface area contributed by atoms with E-state index in [4.69, 9.17) is 13.9 Å². The van der Waals surface area contributed by atoms with Gasteiger partial charge in [0.2, 0.25) is 0 Å². The Kier molecular flexibility index (Phi) is 35.8. The molecule has 0 bridgehead atoms. The quantitative estimate of drug-likeness (QED) is 0.0283. The summed E-state index contributed by atoms with van der Waals surface area (Å²) >= 11 is 1.75. The summed E-state index contributed by atoms with van der Waals surface area (Å²) in [6, 6.07) is 22.6. The third-order valence-electron chi connectivity index (χ3n) is 16.2. The molecule has 2 aromatic carbocycles. The normalized spacial score (nSPS) is 15.3. The van der Waals surface area contributed by atoms with Gasteiger partial charge in [0.05, 0.1) is 5.92 Å². The summed E-state index contributed by atoms with van der Waals surface area (Å²) in [4.78, 5) is 30.4. The number of rotatable bonds is 44. The van der Waals surface area contributed by atoms with Crippen LogP contribution in [0.15, 0.2) is 60.7 Å². The molecule has 0 aromatic heterocycles. The van der Waals surface area contributed by atoms with E-state index in [1.165, 1.54) is 132 Å². The van der Waals surface area contributed by atoms with Crippen LogP contribution in [0.5, 0.6) is 0 Å². The maximum atomic E-state index is 14.3. The fourth-order valence-electron chi connectivity index (χ4n) is 11.5. The first-order valence-electron chi connectivity index (χ1n) is 31.0. The van der Waals surface area contributed by atoms with Crippen molar-refractivity contribution < 1.29 is 23.5 Å². The van der Waals surface area contributed by atoms with Gasteiger partial charge in [0.1, 0.15) is 11.5 Å². The van der Waals surface area contributed by atoms with E-state index >= 15 is 0 Å². The number of thioether (sulfide) groups is 1. The molecule has 0 aliphatic heterocycles. The number of esters is 2. The number of benzene rings is 2. The summed E-state index contributed by atoms with van der Waals surface area (Å²) in [5.41, 5.74) is -0.221. The van der Waals surface area contributed by atoms with Crippen molar-refractivity contribution in [2.45, 2.75) is 289 Å². The lowest BCUT2D eigenvalue weighted by Gasteiger charge is -2.43. The standard InChI is InChI=1S/C65H113NO5SSi/c1-9-13-17-20-21-29-42-57(41-28-18-14-10-2)64(68)71-63(72-55-59(45-30-19-15-11-3)70-62(67)52-51-56-39-26-22-27-40-56)50-36-35-44-58(43-25-16-12-4)66(8)53-37-38-54-69-73(65(5,6)7,60-46-31-23-32-47-60)61-48-33-24-34-49-61/h23-24,31-34,46-49,56-59,63H,9-22,25-30,35-45,50-55H2,1-8H3/t57?,58?,59-,63?/m0/s1. The zero-order valence-electron chi connectivity index (χ0n) is 48.7. The Morgan fingerprint density at radius 3 is 1.67 bits per heavy atom. The van der Waals surface area contributed by atoms with Crippen molar-refractivity contribution in [3.05, 3.63) is 60.7 Å². The molecule has 0 heterocycles. The van der Waals surface area contributed by atoms with Crippen LogP contribution in [0.3, 0.4) is 0 Å². The van der Waals surface area contributed by atoms with Gasteiger partial charge in [-0.25, -0.2) is 0 Å². The van der Waals surface area contributed by atoms with Crippen LogP contribution in [0.25, 0.3) is 0 Å². The molecular weight excluding hydrogens is 935 g/mol. The molecule has 0 N–H and O–H groups in total. The lowest BCUT2D eigenvalue weighted by molar-refractivity contribution is -0.151. The van der Waals surface area contributed by atoms with Gasteiger partial charge in [0.15, 0.2) is 0 Å². The molecule has 3 rings (SSSR count). The van der Waals surface area contributed by atoms with Crippen LogP contribution in [0.1, 0.15) is 267 Å². The van der Waals surface area contributed by atoms with Gasteiger partial charge in [0.25, 0.3) is 8.32 Å². The SMILES string of the molecule is CCCCCCCCC(CCCCCC)C(=O)OC(CCCCC(CCCCC)N(C)CCCCO[Si](c1ccccc1)(c1ccccc1)C(C)(C)C)SC[C@H](CCCCCC)OC(=O)CCC1CCCCC1. The monoisotopic (exact) mass is 1050 g/mol. The summed E-state index contributed by atoms with van der Waals surface area (Å²) in [7, 11) is -0.199. The number of nitrogens with zero attached hydrogens (tertiary/aromatic N) is 1. The summed E-state index contributed by atoms with van der Waals surface area (Å²) in [5.74, 6) is 1.32. The minimum absolute atomic E-state index is 0.0163. The zero-order chi connectivity index (χ0) is 52.8. The van der Waals surface area contributed by atoms with Gasteiger partial charge in [-0.05, 0) is 106 Å². The van der Waals surface area contributed by atoms with Gasteiger partial charge in [-0.3, -0.25) is 9.59 Å². The third-order valence-corrected chi connectivity index (χ3v) is 22.5. The molecule has 4 atom stereocenters. The van der Waals surface area contributed by atoms with Crippen molar-refractivity contribution in [3.8, 4) is 0 Å². The maximum absolute atomic E-state index is 14.3. The van der Waals surface area contributed by atoms with Crippen LogP contribution in [0.4, 0.5) is 0 Å². The van der Waals surface area contributed by atoms with Gasteiger partial charge in [-0.15, -0.1) is 11.8 Å². The van der Waals surface area contributed by atoms with Gasteiger partial charge >= 0.3 is 11.9 Å². The fourth-order valence-corrected chi connectivity index (χ4v) is 17.3. The van der Waals surface area contributed by atoms with Gasteiger partial charge < -0.3 is 18.8 Å². The summed E-state index contributed by atoms with van der Waals surface area (Å²) in [6.45, 7) is 18.0. The zero-order valence-corrected chi connectivity index (χ0v) is 50.5. The number of hydrogen-bond acceptors (Lipinski definition) is 7. The van der Waals surface area contributed by atoms with Crippen molar-refractivity contribution in [2.24, 2.45) is 11.8 Å². The molecule has 1 aliphatic rings. The Labute approximate surface area is 456 Å². The summed E-state index contributed by atoms with van der Waals surface area (Å²) < 4.78 is 20.3. The van der Waals surface area contributed by atoms with E-state index in [0.29, 0.717) is 24.1 Å². The second kappa shape index (κ2) is 40.1. The predicted molar refractivity (Wildman–Crippen MR) is 319 cm³/mol. The Hall–Kier alpha value is -2.13. The molecule has 1 fully saturated rings. The summed E-state index contributed by atoms with van der Waals surface area (Å²) in [5, 5.41) is 2.67. The second-order valence-electron chi connectivity index (χ2n) is 23.4. The van der Waals surface area contributed by atoms with Crippen LogP contribution in [-0.2, 0) is 23.5 Å². The smallest absolute Gasteiger partial charge is 0.310 e. The summed E-state index contributed by atoms with van der Waals surface area (Å²) in [6.07, 6.45) is 38.5. The molecule has 2 aromatic rings. The van der Waals surface area contributed by atoms with Crippen molar-refractivity contribution in [3.63, 3.8) is 0 Å². The van der Waals surface area contributed by atoms with Crippen LogP contribution >= 0.6 is 11.8 Å². The van der Waals surface area contributed by atoms with E-state index in [0.717, 1.165) is 103 Å². The lowest BCUT2D eigenvalue weighted by Crippen LogP contribution is -2.66. The topological polar surface area (TPSA) is 65.1 Å². The molecule has 3 unspecified atom stereocenters. The maximum Gasteiger partial charge on any atom is 0.310 e. The molecule has 6 nitrogen and oxygen atoms in total. The number of ether oxygens (including phenoxy) is 2. The predicted octanol–water partition coefficient (Wildman–Crippen LogP) is 18.0. The van der Waals surface area contributed by atoms with E-state index < -0.39 is 8.32 Å². The van der Waals surface area contributed by atoms with Crippen molar-refractivity contribution in [1.82, 2.24) is 4.90 Å². The van der Waals surface area contributed by atoms with E-state index in [-0.39, 0.29) is 34.4 Å². The minimum atomic E-state index is -2.55. The largest absolute Gasteiger partial charge is 0.461 e. The Bertz CT molecular complexity index is 1590. The second-order valence-corrected chi connectivity index (χ2v) is 28.9. The van der Waals surface area contributed by atoms with Crippen molar-refractivity contribution in [2.75, 3.05) is 26.0 Å². The number of carbonyl (C=O) groups excluding carboxylic acids is 2. The first-order valence-corrected chi connectivity index (χ1v) is 33.9. The molecule has 0 saturated heterocycles. The van der Waals surface area contributed by atoms with E-state index in [1.54, 1.807) is 11.8 Å². The Balaban J connectivity index is 1.70. The van der Waals surface area contributed by atoms with Crippen LogP contribution in [0, 0.1) is 11.8 Å². The van der Waals surface area contributed by atoms with E-state index in [2.05, 4.69) is 121 Å². The highest BCUT2D eigenvalue weighted by molar-refractivity contribution is 7.99. The average molecular weight is 1050 g/mol. The van der Waals surface area contributed by atoms with Gasteiger partial charge in [-0.1, -0.05) is 250 Å². The van der Waals surface area contributed by atoms with Crippen LogP contribution in [0.2, 0.25) is 5.04 Å². The Morgan fingerprint density at radius 1 is 0.603 bits per heavy atom. The number of hydrogen-bond donors (Lipinski definition) is 0. The molecular formula is C65H113NO5SSi. The van der Waals surface area contributed by atoms with E-state index in [1.807, 2.05) is 0 Å². The Morgan fingerprint density at radius 2 is 1.10 bits per heavy atom. The fraction of sp³-hybridized carbons (Fsp3) is 0.785. The molecule has 73 heavy (non-hydrogen) atoms. The average Bonchev–Trinajstić information content (AvgIpc) is 3.39. The molecule has 0 amide bonds. The number of unbranched alkanes of at least 4 members (excludes halogenated alkanes) is 15. The highest BCUT2D eigenvalue weighted by atomic mass is 32.2. The minimum Gasteiger partial charge on any atom is -0.461 e. The van der Waals surface area contributed by atoms with Gasteiger partial charge in [0, 0.05) is 24.8 Å². The van der Waals surface area contributed by atoms with Crippen LogP contribution < -0.4 is 10.4 Å². The van der Waals surface area contributed by atoms with Crippen molar-refractivity contribution in [1.29, 1.82) is 0 Å². The van der Waals surface area contributed by atoms with Gasteiger partial charge in [-0.2, -0.15) is 0 Å². The first kappa shape index (κ1) is 65.2. The molecule has 0 spiro atoms. The molecule has 0 radical (unpaired) electrons. The third kappa shape index (κ3) is 26.7. The first-order chi connectivity index (χ1) is 35.5. The van der Waals surface area contributed by atoms with E-state index in [9.17, 15) is 9.59 Å². The number of carbonyl (C=O) groups is 2. The molecule has 1 saturated carbocycles. The highest BCUT2D eigenvalue weighted by Crippen LogP contribution is 2.37. The highest BCUT2D eigenvalue weighted by Gasteiger charge is 2.50.